The minimum absolute atomic E-state index is 0.179. The summed E-state index contributed by atoms with van der Waals surface area (Å²) in [6, 6.07) is 4.96. The molecule has 1 heterocycles. The lowest BCUT2D eigenvalue weighted by Crippen LogP contribution is -2.34. The molecule has 2 nitrogen and oxygen atoms in total. The van der Waals surface area contributed by atoms with Crippen LogP contribution in [0.5, 0.6) is 0 Å². The number of ketones is 1. The van der Waals surface area contributed by atoms with Crippen LogP contribution in [-0.2, 0) is 11.2 Å². The first-order chi connectivity index (χ1) is 9.15. The highest BCUT2D eigenvalue weighted by Gasteiger charge is 2.15. The van der Waals surface area contributed by atoms with Gasteiger partial charge in [0.15, 0.2) is 0 Å². The van der Waals surface area contributed by atoms with E-state index in [4.69, 9.17) is 0 Å². The Morgan fingerprint density at radius 2 is 2.26 bits per heavy atom. The van der Waals surface area contributed by atoms with Crippen LogP contribution < -0.4 is 5.32 Å². The molecule has 19 heavy (non-hydrogen) atoms. The largest absolute Gasteiger partial charge is 0.314 e. The van der Waals surface area contributed by atoms with Crippen molar-refractivity contribution >= 4 is 21.7 Å². The SMILES string of the molecule is O=C(CCC1CCCCN1)Cc1cc(F)ccc1Br. The number of nitrogens with one attached hydrogen (secondary N) is 1. The number of carbonyl (C=O) groups excluding carboxylic acids is 1. The maximum absolute atomic E-state index is 13.1. The molecule has 4 heteroatoms. The van der Waals surface area contributed by atoms with Crippen LogP contribution in [0.2, 0.25) is 0 Å². The minimum Gasteiger partial charge on any atom is -0.314 e. The predicted molar refractivity (Wildman–Crippen MR) is 77.7 cm³/mol. The molecule has 1 aliphatic rings. The van der Waals surface area contributed by atoms with E-state index in [0.29, 0.717) is 18.9 Å². The van der Waals surface area contributed by atoms with Crippen molar-refractivity contribution in [1.82, 2.24) is 5.32 Å². The molecular formula is C15H19BrFNO. The molecule has 1 aromatic carbocycles. The van der Waals surface area contributed by atoms with E-state index in [2.05, 4.69) is 21.2 Å². The zero-order valence-corrected chi connectivity index (χ0v) is 12.5. The van der Waals surface area contributed by atoms with Crippen LogP contribution in [0.15, 0.2) is 22.7 Å². The van der Waals surface area contributed by atoms with Crippen molar-refractivity contribution in [2.45, 2.75) is 44.6 Å². The standard InChI is InChI=1S/C15H19BrFNO/c16-15-7-4-12(17)9-11(15)10-14(19)6-5-13-3-1-2-8-18-13/h4,7,9,13,18H,1-3,5-6,8,10H2. The summed E-state index contributed by atoms with van der Waals surface area (Å²) in [5.41, 5.74) is 0.738. The van der Waals surface area contributed by atoms with Gasteiger partial charge in [0.1, 0.15) is 11.6 Å². The molecule has 1 aliphatic heterocycles. The van der Waals surface area contributed by atoms with E-state index >= 15 is 0 Å². The average molecular weight is 328 g/mol. The summed E-state index contributed by atoms with van der Waals surface area (Å²) in [7, 11) is 0. The summed E-state index contributed by atoms with van der Waals surface area (Å²) in [6.07, 6.45) is 5.43. The van der Waals surface area contributed by atoms with Gasteiger partial charge in [-0.15, -0.1) is 0 Å². The molecule has 1 fully saturated rings. The highest BCUT2D eigenvalue weighted by Crippen LogP contribution is 2.20. The van der Waals surface area contributed by atoms with Gasteiger partial charge in [-0.2, -0.15) is 0 Å². The number of Topliss-reactive ketones (excluding diaryl/α,β-unsaturated/α-hetero) is 1. The first kappa shape index (κ1) is 14.7. The van der Waals surface area contributed by atoms with Crippen LogP contribution in [0.25, 0.3) is 0 Å². The fourth-order valence-electron chi connectivity index (χ4n) is 2.49. The van der Waals surface area contributed by atoms with Crippen LogP contribution in [0.3, 0.4) is 0 Å². The summed E-state index contributed by atoms with van der Waals surface area (Å²) in [5.74, 6) is -0.112. The summed E-state index contributed by atoms with van der Waals surface area (Å²) >= 11 is 3.36. The highest BCUT2D eigenvalue weighted by molar-refractivity contribution is 9.10. The highest BCUT2D eigenvalue weighted by atomic mass is 79.9. The fourth-order valence-corrected chi connectivity index (χ4v) is 2.87. The van der Waals surface area contributed by atoms with Crippen LogP contribution in [0.1, 0.15) is 37.7 Å². The summed E-state index contributed by atoms with van der Waals surface area (Å²) in [5, 5.41) is 3.44. The third kappa shape index (κ3) is 4.69. The van der Waals surface area contributed by atoms with E-state index in [1.54, 1.807) is 6.07 Å². The third-order valence-corrected chi connectivity index (χ3v) is 4.35. The van der Waals surface area contributed by atoms with Gasteiger partial charge in [0.05, 0.1) is 0 Å². The molecule has 1 N–H and O–H groups in total. The molecule has 0 bridgehead atoms. The number of benzene rings is 1. The number of hydrogen-bond acceptors (Lipinski definition) is 2. The van der Waals surface area contributed by atoms with Crippen molar-refractivity contribution in [2.75, 3.05) is 6.54 Å². The van der Waals surface area contributed by atoms with Crippen LogP contribution in [-0.4, -0.2) is 18.4 Å². The molecule has 0 aliphatic carbocycles. The van der Waals surface area contributed by atoms with Gasteiger partial charge >= 0.3 is 0 Å². The Balaban J connectivity index is 1.81. The molecule has 0 amide bonds. The quantitative estimate of drug-likeness (QED) is 0.894. The van der Waals surface area contributed by atoms with Gasteiger partial charge in [-0.05, 0) is 49.6 Å². The van der Waals surface area contributed by atoms with Gasteiger partial charge in [-0.25, -0.2) is 4.39 Å². The maximum Gasteiger partial charge on any atom is 0.137 e. The molecule has 0 aromatic heterocycles. The molecule has 1 unspecified atom stereocenters. The number of carbonyl (C=O) groups is 1. The molecule has 0 spiro atoms. The zero-order valence-electron chi connectivity index (χ0n) is 10.9. The first-order valence-corrected chi connectivity index (χ1v) is 7.63. The Morgan fingerprint density at radius 3 is 3.00 bits per heavy atom. The van der Waals surface area contributed by atoms with Crippen LogP contribution in [0, 0.1) is 5.82 Å². The topological polar surface area (TPSA) is 29.1 Å². The first-order valence-electron chi connectivity index (χ1n) is 6.84. The normalized spacial score (nSPS) is 19.4. The van der Waals surface area contributed by atoms with E-state index in [-0.39, 0.29) is 11.6 Å². The fraction of sp³-hybridized carbons (Fsp3) is 0.533. The lowest BCUT2D eigenvalue weighted by molar-refractivity contribution is -0.118. The Labute approximate surface area is 121 Å². The van der Waals surface area contributed by atoms with E-state index < -0.39 is 0 Å². The number of halogens is 2. The van der Waals surface area contributed by atoms with Crippen molar-refractivity contribution in [1.29, 1.82) is 0 Å². The Morgan fingerprint density at radius 1 is 1.42 bits per heavy atom. The molecule has 0 saturated carbocycles. The van der Waals surface area contributed by atoms with Crippen molar-refractivity contribution in [2.24, 2.45) is 0 Å². The average Bonchev–Trinajstić information content (AvgIpc) is 2.42. The van der Waals surface area contributed by atoms with Crippen molar-refractivity contribution in [3.05, 3.63) is 34.1 Å². The lowest BCUT2D eigenvalue weighted by Gasteiger charge is -2.23. The van der Waals surface area contributed by atoms with Crippen molar-refractivity contribution in [3.8, 4) is 0 Å². The van der Waals surface area contributed by atoms with Crippen molar-refractivity contribution < 1.29 is 9.18 Å². The summed E-state index contributed by atoms with van der Waals surface area (Å²) < 4.78 is 13.9. The summed E-state index contributed by atoms with van der Waals surface area (Å²) in [6.45, 7) is 1.06. The Hall–Kier alpha value is -0.740. The van der Waals surface area contributed by atoms with E-state index in [1.807, 2.05) is 0 Å². The Bertz CT molecular complexity index is 444. The molecule has 0 radical (unpaired) electrons. The Kier molecular flexibility index (Phi) is 5.52. The van der Waals surface area contributed by atoms with Gasteiger partial charge in [-0.1, -0.05) is 22.4 Å². The van der Waals surface area contributed by atoms with Crippen LogP contribution in [0.4, 0.5) is 4.39 Å². The van der Waals surface area contributed by atoms with Crippen LogP contribution >= 0.6 is 15.9 Å². The molecular weight excluding hydrogens is 309 g/mol. The van der Waals surface area contributed by atoms with E-state index in [0.717, 1.165) is 29.4 Å². The van der Waals surface area contributed by atoms with Gasteiger partial charge in [0, 0.05) is 23.4 Å². The molecule has 104 valence electrons. The maximum atomic E-state index is 13.1. The second-order valence-electron chi connectivity index (χ2n) is 5.14. The second kappa shape index (κ2) is 7.15. The van der Waals surface area contributed by atoms with Gasteiger partial charge in [0.25, 0.3) is 0 Å². The monoisotopic (exact) mass is 327 g/mol. The van der Waals surface area contributed by atoms with Gasteiger partial charge in [-0.3, -0.25) is 4.79 Å². The molecule has 2 rings (SSSR count). The predicted octanol–water partition coefficient (Wildman–Crippen LogP) is 3.62. The van der Waals surface area contributed by atoms with Gasteiger partial charge < -0.3 is 5.32 Å². The minimum atomic E-state index is -0.292. The zero-order chi connectivity index (χ0) is 13.7. The number of rotatable bonds is 5. The summed E-state index contributed by atoms with van der Waals surface area (Å²) in [4.78, 5) is 11.9. The van der Waals surface area contributed by atoms with Crippen molar-refractivity contribution in [3.63, 3.8) is 0 Å². The second-order valence-corrected chi connectivity index (χ2v) is 5.99. The molecule has 1 saturated heterocycles. The van der Waals surface area contributed by atoms with Gasteiger partial charge in [0.2, 0.25) is 0 Å². The molecule has 1 aromatic rings. The smallest absolute Gasteiger partial charge is 0.137 e. The third-order valence-electron chi connectivity index (χ3n) is 3.58. The lowest BCUT2D eigenvalue weighted by atomic mass is 9.97. The number of hydrogen-bond donors (Lipinski definition) is 1. The van der Waals surface area contributed by atoms with E-state index in [1.165, 1.54) is 25.0 Å². The molecule has 1 atom stereocenters. The number of piperidine rings is 1. The van der Waals surface area contributed by atoms with E-state index in [9.17, 15) is 9.18 Å².